The summed E-state index contributed by atoms with van der Waals surface area (Å²) in [6.45, 7) is 0. The number of anilines is 1. The molecule has 5 nitrogen and oxygen atoms in total. The fourth-order valence-electron chi connectivity index (χ4n) is 2.48. The van der Waals surface area contributed by atoms with E-state index in [9.17, 15) is 9.59 Å². The Morgan fingerprint density at radius 3 is 2.65 bits per heavy atom. The first-order valence-electron chi connectivity index (χ1n) is 7.14. The zero-order valence-corrected chi connectivity index (χ0v) is 12.9. The van der Waals surface area contributed by atoms with E-state index < -0.39 is 5.91 Å². The number of aromatic nitrogens is 1. The summed E-state index contributed by atoms with van der Waals surface area (Å²) in [5.74, 6) is 0.193. The molecule has 2 aromatic carbocycles. The van der Waals surface area contributed by atoms with Gasteiger partial charge in [-0.05, 0) is 29.7 Å². The third kappa shape index (κ3) is 2.81. The van der Waals surface area contributed by atoms with Crippen LogP contribution in [0.4, 0.5) is 5.69 Å². The molecule has 0 atom stereocenters. The minimum absolute atomic E-state index is 0.106. The van der Waals surface area contributed by atoms with Crippen molar-refractivity contribution in [1.82, 2.24) is 4.57 Å². The quantitative estimate of drug-likeness (QED) is 0.809. The standard InChI is InChI=1S/C18H16N2O3/c1-20-16-9-4-3-6-12(16)10-15(18(20)22)17(21)19-13-7-5-8-14(11-13)23-2/h3-11H,1-2H3,(H,19,21). The van der Waals surface area contributed by atoms with E-state index in [0.717, 1.165) is 10.9 Å². The molecule has 1 aromatic heterocycles. The van der Waals surface area contributed by atoms with Crippen LogP contribution in [0.1, 0.15) is 10.4 Å². The van der Waals surface area contributed by atoms with Crippen molar-refractivity contribution in [3.8, 4) is 5.75 Å². The molecule has 0 saturated heterocycles. The average Bonchev–Trinajstić information content (AvgIpc) is 2.58. The van der Waals surface area contributed by atoms with Crippen molar-refractivity contribution in [3.05, 3.63) is 70.5 Å². The Hall–Kier alpha value is -3.08. The second-order valence-electron chi connectivity index (χ2n) is 5.17. The number of nitrogens with one attached hydrogen (secondary N) is 1. The molecule has 23 heavy (non-hydrogen) atoms. The molecule has 0 bridgehead atoms. The first kappa shape index (κ1) is 14.8. The molecule has 0 aliphatic heterocycles. The van der Waals surface area contributed by atoms with E-state index in [1.807, 2.05) is 24.3 Å². The molecule has 1 heterocycles. The fourth-order valence-corrected chi connectivity index (χ4v) is 2.48. The lowest BCUT2D eigenvalue weighted by molar-refractivity contribution is 0.102. The molecule has 0 spiro atoms. The Morgan fingerprint density at radius 2 is 1.87 bits per heavy atom. The summed E-state index contributed by atoms with van der Waals surface area (Å²) >= 11 is 0. The lowest BCUT2D eigenvalue weighted by Gasteiger charge is -2.10. The van der Waals surface area contributed by atoms with Crippen molar-refractivity contribution in [3.63, 3.8) is 0 Å². The molecular formula is C18H16N2O3. The van der Waals surface area contributed by atoms with Crippen LogP contribution in [-0.2, 0) is 7.05 Å². The van der Waals surface area contributed by atoms with Crippen LogP contribution in [0.5, 0.6) is 5.75 Å². The van der Waals surface area contributed by atoms with Gasteiger partial charge in [0.05, 0.1) is 12.6 Å². The number of aryl methyl sites for hydroxylation is 1. The number of hydrogen-bond acceptors (Lipinski definition) is 3. The number of hydrogen-bond donors (Lipinski definition) is 1. The summed E-state index contributed by atoms with van der Waals surface area (Å²) < 4.78 is 6.61. The maximum atomic E-state index is 12.5. The predicted octanol–water partition coefficient (Wildman–Crippen LogP) is 2.80. The highest BCUT2D eigenvalue weighted by Gasteiger charge is 2.14. The number of benzene rings is 2. The molecule has 0 aliphatic rings. The summed E-state index contributed by atoms with van der Waals surface area (Å²) in [6, 6.07) is 16.1. The zero-order valence-electron chi connectivity index (χ0n) is 12.9. The van der Waals surface area contributed by atoms with E-state index in [2.05, 4.69) is 5.32 Å². The lowest BCUT2D eigenvalue weighted by atomic mass is 10.1. The third-order valence-electron chi connectivity index (χ3n) is 3.71. The highest BCUT2D eigenvalue weighted by molar-refractivity contribution is 6.05. The van der Waals surface area contributed by atoms with Gasteiger partial charge in [0.2, 0.25) is 0 Å². The number of nitrogens with zero attached hydrogens (tertiary/aromatic N) is 1. The number of ether oxygens (including phenoxy) is 1. The van der Waals surface area contributed by atoms with Crippen LogP contribution < -0.4 is 15.6 Å². The van der Waals surface area contributed by atoms with Crippen LogP contribution in [0.15, 0.2) is 59.4 Å². The molecular weight excluding hydrogens is 292 g/mol. The van der Waals surface area contributed by atoms with Crippen molar-refractivity contribution in [2.45, 2.75) is 0 Å². The highest BCUT2D eigenvalue weighted by Crippen LogP contribution is 2.18. The first-order chi connectivity index (χ1) is 11.1. The predicted molar refractivity (Wildman–Crippen MR) is 90.1 cm³/mol. The number of rotatable bonds is 3. The van der Waals surface area contributed by atoms with Gasteiger partial charge < -0.3 is 14.6 Å². The van der Waals surface area contributed by atoms with Crippen molar-refractivity contribution < 1.29 is 9.53 Å². The zero-order chi connectivity index (χ0) is 16.4. The normalized spacial score (nSPS) is 10.5. The monoisotopic (exact) mass is 308 g/mol. The van der Waals surface area contributed by atoms with Crippen LogP contribution in [0.2, 0.25) is 0 Å². The second kappa shape index (κ2) is 5.96. The summed E-state index contributed by atoms with van der Waals surface area (Å²) in [5.41, 5.74) is 1.14. The SMILES string of the molecule is COc1cccc(NC(=O)c2cc3ccccc3n(C)c2=O)c1. The Morgan fingerprint density at radius 1 is 1.09 bits per heavy atom. The van der Waals surface area contributed by atoms with Gasteiger partial charge in [-0.1, -0.05) is 24.3 Å². The molecule has 116 valence electrons. The van der Waals surface area contributed by atoms with Crippen LogP contribution in [0.25, 0.3) is 10.9 Å². The van der Waals surface area contributed by atoms with Crippen LogP contribution in [0.3, 0.4) is 0 Å². The van der Waals surface area contributed by atoms with Crippen molar-refractivity contribution in [1.29, 1.82) is 0 Å². The van der Waals surface area contributed by atoms with E-state index in [4.69, 9.17) is 4.74 Å². The van der Waals surface area contributed by atoms with E-state index in [1.165, 1.54) is 4.57 Å². The Labute approximate surface area is 133 Å². The number of methoxy groups -OCH3 is 1. The van der Waals surface area contributed by atoms with Gasteiger partial charge in [0.15, 0.2) is 0 Å². The largest absolute Gasteiger partial charge is 0.497 e. The van der Waals surface area contributed by atoms with Gasteiger partial charge in [-0.25, -0.2) is 0 Å². The van der Waals surface area contributed by atoms with E-state index in [-0.39, 0.29) is 11.1 Å². The molecule has 0 aliphatic carbocycles. The maximum absolute atomic E-state index is 12.5. The molecule has 3 rings (SSSR count). The second-order valence-corrected chi connectivity index (χ2v) is 5.17. The smallest absolute Gasteiger partial charge is 0.263 e. The van der Waals surface area contributed by atoms with Gasteiger partial charge in [-0.2, -0.15) is 0 Å². The Kier molecular flexibility index (Phi) is 3.85. The summed E-state index contributed by atoms with van der Waals surface area (Å²) in [5, 5.41) is 3.57. The van der Waals surface area contributed by atoms with Gasteiger partial charge in [-0.3, -0.25) is 9.59 Å². The lowest BCUT2D eigenvalue weighted by Crippen LogP contribution is -2.27. The van der Waals surface area contributed by atoms with Gasteiger partial charge >= 0.3 is 0 Å². The summed E-state index contributed by atoms with van der Waals surface area (Å²) in [7, 11) is 3.22. The molecule has 0 unspecified atom stereocenters. The third-order valence-corrected chi connectivity index (χ3v) is 3.71. The minimum atomic E-state index is -0.440. The van der Waals surface area contributed by atoms with Crippen molar-refractivity contribution in [2.75, 3.05) is 12.4 Å². The van der Waals surface area contributed by atoms with Crippen LogP contribution in [-0.4, -0.2) is 17.6 Å². The Bertz CT molecular complexity index is 944. The fraction of sp³-hybridized carbons (Fsp3) is 0.111. The van der Waals surface area contributed by atoms with E-state index >= 15 is 0 Å². The van der Waals surface area contributed by atoms with Crippen molar-refractivity contribution >= 4 is 22.5 Å². The van der Waals surface area contributed by atoms with E-state index in [1.54, 1.807) is 44.5 Å². The topological polar surface area (TPSA) is 60.3 Å². The van der Waals surface area contributed by atoms with Gasteiger partial charge in [0.1, 0.15) is 11.3 Å². The molecule has 1 amide bonds. The minimum Gasteiger partial charge on any atom is -0.497 e. The number of fused-ring (bicyclic) bond motifs is 1. The average molecular weight is 308 g/mol. The maximum Gasteiger partial charge on any atom is 0.263 e. The molecule has 3 aromatic rings. The van der Waals surface area contributed by atoms with Gasteiger partial charge in [-0.15, -0.1) is 0 Å². The number of carbonyl (C=O) groups excluding carboxylic acids is 1. The number of para-hydroxylation sites is 1. The summed E-state index contributed by atoms with van der Waals surface area (Å²) in [4.78, 5) is 24.9. The number of amides is 1. The van der Waals surface area contributed by atoms with E-state index in [0.29, 0.717) is 11.4 Å². The van der Waals surface area contributed by atoms with Crippen LogP contribution >= 0.6 is 0 Å². The van der Waals surface area contributed by atoms with Crippen LogP contribution in [0, 0.1) is 0 Å². The Balaban J connectivity index is 2.00. The first-order valence-corrected chi connectivity index (χ1v) is 7.14. The van der Waals surface area contributed by atoms with Crippen molar-refractivity contribution in [2.24, 2.45) is 7.05 Å². The van der Waals surface area contributed by atoms with Gasteiger partial charge in [0, 0.05) is 18.8 Å². The number of pyridine rings is 1. The summed E-state index contributed by atoms with van der Waals surface area (Å²) in [6.07, 6.45) is 0. The number of carbonyl (C=O) groups is 1. The molecule has 0 saturated carbocycles. The molecule has 5 heteroatoms. The molecule has 0 fully saturated rings. The highest BCUT2D eigenvalue weighted by atomic mass is 16.5. The molecule has 1 N–H and O–H groups in total. The molecule has 0 radical (unpaired) electrons. The van der Waals surface area contributed by atoms with Gasteiger partial charge in [0.25, 0.3) is 11.5 Å².